The highest BCUT2D eigenvalue weighted by Crippen LogP contribution is 2.41. The van der Waals surface area contributed by atoms with Crippen LogP contribution in [0.2, 0.25) is 0 Å². The normalized spacial score (nSPS) is 12.0. The second-order valence-corrected chi connectivity index (χ2v) is 11.7. The third kappa shape index (κ3) is 12.7. The van der Waals surface area contributed by atoms with Gasteiger partial charge in [0.05, 0.1) is 26.9 Å². The Morgan fingerprint density at radius 1 is 0.681 bits per heavy atom. The average molecular weight is 649 g/mol. The zero-order chi connectivity index (χ0) is 33.7. The Bertz CT molecular complexity index is 1250. The molecule has 9 heteroatoms. The van der Waals surface area contributed by atoms with E-state index in [0.717, 1.165) is 79.6 Å². The van der Waals surface area contributed by atoms with Gasteiger partial charge in [0.1, 0.15) is 17.1 Å². The Kier molecular flexibility index (Phi) is 16.8. The molecule has 0 radical (unpaired) electrons. The smallest absolute Gasteiger partial charge is 0.303 e. The molecule has 9 nitrogen and oxygen atoms in total. The molecule has 256 valence electrons. The number of aliphatic hydroxyl groups is 1. The molecule has 0 aliphatic heterocycles. The fraction of sp³-hybridized carbons (Fsp3) is 0.474. The summed E-state index contributed by atoms with van der Waals surface area (Å²) in [5.41, 5.74) is 1.71. The van der Waals surface area contributed by atoms with Gasteiger partial charge in [-0.3, -0.25) is 9.59 Å². The monoisotopic (exact) mass is 648 g/mol. The summed E-state index contributed by atoms with van der Waals surface area (Å²) >= 11 is 0. The molecule has 0 fully saturated rings. The molecular formula is C38H52N2O7. The summed E-state index contributed by atoms with van der Waals surface area (Å²) in [7, 11) is 3.27. The average Bonchev–Trinajstić information content (AvgIpc) is 3.10. The number of ether oxygens (including phenoxy) is 3. The lowest BCUT2D eigenvalue weighted by molar-refractivity contribution is -0.137. The molecule has 0 aromatic heterocycles. The molecule has 0 saturated heterocycles. The van der Waals surface area contributed by atoms with Crippen molar-refractivity contribution in [3.05, 3.63) is 95.6 Å². The summed E-state index contributed by atoms with van der Waals surface area (Å²) in [4.78, 5) is 22.8. The number of carboxylic acids is 1. The van der Waals surface area contributed by atoms with E-state index in [4.69, 9.17) is 19.3 Å². The molecule has 3 aromatic carbocycles. The topological polar surface area (TPSA) is 126 Å². The van der Waals surface area contributed by atoms with Crippen molar-refractivity contribution >= 4 is 11.9 Å². The number of hydrogen-bond acceptors (Lipinski definition) is 7. The Morgan fingerprint density at radius 2 is 1.17 bits per heavy atom. The van der Waals surface area contributed by atoms with E-state index in [1.54, 1.807) is 14.2 Å². The van der Waals surface area contributed by atoms with Crippen LogP contribution in [0.1, 0.15) is 80.9 Å². The van der Waals surface area contributed by atoms with Crippen molar-refractivity contribution < 1.29 is 34.0 Å². The minimum absolute atomic E-state index is 0.0379. The molecule has 3 aromatic rings. The Labute approximate surface area is 279 Å². The van der Waals surface area contributed by atoms with Gasteiger partial charge in [0, 0.05) is 32.5 Å². The highest BCUT2D eigenvalue weighted by Gasteiger charge is 2.38. The highest BCUT2D eigenvalue weighted by molar-refractivity contribution is 5.75. The number of nitrogens with one attached hydrogen (secondary N) is 2. The molecule has 1 atom stereocenters. The van der Waals surface area contributed by atoms with Gasteiger partial charge in [-0.1, -0.05) is 93.1 Å². The maximum atomic E-state index is 12.2. The van der Waals surface area contributed by atoms with E-state index in [2.05, 4.69) is 10.6 Å². The van der Waals surface area contributed by atoms with Gasteiger partial charge < -0.3 is 35.1 Å². The third-order valence-corrected chi connectivity index (χ3v) is 8.21. The highest BCUT2D eigenvalue weighted by atomic mass is 16.5. The molecule has 47 heavy (non-hydrogen) atoms. The molecule has 3 rings (SSSR count). The minimum Gasteiger partial charge on any atom is -0.497 e. The van der Waals surface area contributed by atoms with Crippen molar-refractivity contribution in [1.29, 1.82) is 0 Å². The van der Waals surface area contributed by atoms with E-state index >= 15 is 0 Å². The molecule has 0 aliphatic rings. The second-order valence-electron chi connectivity index (χ2n) is 11.7. The van der Waals surface area contributed by atoms with Crippen LogP contribution in [-0.2, 0) is 19.9 Å². The van der Waals surface area contributed by atoms with Crippen LogP contribution in [0.3, 0.4) is 0 Å². The van der Waals surface area contributed by atoms with Gasteiger partial charge in [-0.2, -0.15) is 0 Å². The summed E-state index contributed by atoms with van der Waals surface area (Å²) < 4.78 is 17.6. The first-order valence-electron chi connectivity index (χ1n) is 16.7. The van der Waals surface area contributed by atoms with E-state index in [9.17, 15) is 14.7 Å². The largest absolute Gasteiger partial charge is 0.497 e. The SMILES string of the molecule is COc1ccc(C(OCC(O)CNCCNC(=O)CCCCCCCCCCC(=O)O)(c2ccccc2)c2ccc(OC)cc2)cc1. The molecule has 0 spiro atoms. The molecule has 0 heterocycles. The lowest BCUT2D eigenvalue weighted by atomic mass is 9.80. The summed E-state index contributed by atoms with van der Waals surface area (Å²) in [5.74, 6) is 0.787. The Morgan fingerprint density at radius 3 is 1.68 bits per heavy atom. The number of carboxylic acid groups (broad SMARTS) is 1. The van der Waals surface area contributed by atoms with E-state index < -0.39 is 17.7 Å². The number of carbonyl (C=O) groups is 2. The van der Waals surface area contributed by atoms with E-state index in [-0.39, 0.29) is 18.9 Å². The van der Waals surface area contributed by atoms with Gasteiger partial charge in [-0.15, -0.1) is 0 Å². The van der Waals surface area contributed by atoms with Crippen molar-refractivity contribution in [3.63, 3.8) is 0 Å². The number of aliphatic carboxylic acids is 1. The van der Waals surface area contributed by atoms with Crippen LogP contribution in [0.25, 0.3) is 0 Å². The van der Waals surface area contributed by atoms with Crippen LogP contribution in [0.5, 0.6) is 11.5 Å². The zero-order valence-corrected chi connectivity index (χ0v) is 27.9. The lowest BCUT2D eigenvalue weighted by Crippen LogP contribution is -2.40. The number of unbranched alkanes of at least 4 members (excludes halogenated alkanes) is 7. The maximum absolute atomic E-state index is 12.2. The van der Waals surface area contributed by atoms with E-state index in [1.807, 2.05) is 78.9 Å². The standard InChI is InChI=1S/C38H52N2O7/c1-45-34-22-18-31(19-23-34)38(30-14-10-9-11-15-30,32-20-24-35(46-2)25-21-32)47-29-33(41)28-39-26-27-40-36(42)16-12-7-5-3-4-6-8-13-17-37(43)44/h9-11,14-15,18-25,33,39,41H,3-8,12-13,16-17,26-29H2,1-2H3,(H,40,42)(H,43,44). The first-order chi connectivity index (χ1) is 22.9. The molecule has 1 amide bonds. The van der Waals surface area contributed by atoms with Crippen LogP contribution in [0, 0.1) is 0 Å². The quantitative estimate of drug-likeness (QED) is 0.0682. The van der Waals surface area contributed by atoms with Gasteiger partial charge in [-0.25, -0.2) is 0 Å². The fourth-order valence-corrected chi connectivity index (χ4v) is 5.62. The maximum Gasteiger partial charge on any atom is 0.303 e. The van der Waals surface area contributed by atoms with Crippen LogP contribution in [-0.4, -0.2) is 68.7 Å². The molecule has 1 unspecified atom stereocenters. The molecule has 0 bridgehead atoms. The van der Waals surface area contributed by atoms with E-state index in [1.165, 1.54) is 0 Å². The number of aliphatic hydroxyl groups excluding tert-OH is 1. The molecule has 0 aliphatic carbocycles. The number of benzene rings is 3. The number of methoxy groups -OCH3 is 2. The Balaban J connectivity index is 1.46. The molecule has 0 saturated carbocycles. The number of carbonyl (C=O) groups excluding carboxylic acids is 1. The van der Waals surface area contributed by atoms with Crippen LogP contribution >= 0.6 is 0 Å². The summed E-state index contributed by atoms with van der Waals surface area (Å²) in [6.45, 7) is 1.39. The van der Waals surface area contributed by atoms with Gasteiger partial charge in [0.2, 0.25) is 5.91 Å². The van der Waals surface area contributed by atoms with Gasteiger partial charge in [0.25, 0.3) is 0 Å². The van der Waals surface area contributed by atoms with Crippen molar-refractivity contribution in [2.75, 3.05) is 40.5 Å². The van der Waals surface area contributed by atoms with Gasteiger partial charge in [0.15, 0.2) is 0 Å². The first kappa shape index (κ1) is 37.5. The van der Waals surface area contributed by atoms with Crippen molar-refractivity contribution in [2.24, 2.45) is 0 Å². The number of hydrogen-bond donors (Lipinski definition) is 4. The lowest BCUT2D eigenvalue weighted by Gasteiger charge is -2.36. The predicted molar refractivity (Wildman–Crippen MR) is 184 cm³/mol. The fourth-order valence-electron chi connectivity index (χ4n) is 5.62. The summed E-state index contributed by atoms with van der Waals surface area (Å²) in [6.07, 6.45) is 7.97. The van der Waals surface area contributed by atoms with Crippen molar-refractivity contribution in [2.45, 2.75) is 75.9 Å². The second kappa shape index (κ2) is 21.1. The minimum atomic E-state index is -1.00. The van der Waals surface area contributed by atoms with Gasteiger partial charge >= 0.3 is 5.97 Å². The predicted octanol–water partition coefficient (Wildman–Crippen LogP) is 6.06. The summed E-state index contributed by atoms with van der Waals surface area (Å²) in [6, 6.07) is 25.5. The molecule has 4 N–H and O–H groups in total. The third-order valence-electron chi connectivity index (χ3n) is 8.21. The van der Waals surface area contributed by atoms with Gasteiger partial charge in [-0.05, 0) is 53.8 Å². The summed E-state index contributed by atoms with van der Waals surface area (Å²) in [5, 5.41) is 25.8. The zero-order valence-electron chi connectivity index (χ0n) is 27.9. The molecular weight excluding hydrogens is 596 g/mol. The number of rotatable bonds is 24. The number of amides is 1. The van der Waals surface area contributed by atoms with Crippen LogP contribution < -0.4 is 20.1 Å². The first-order valence-corrected chi connectivity index (χ1v) is 16.7. The van der Waals surface area contributed by atoms with Crippen molar-refractivity contribution in [3.8, 4) is 11.5 Å². The van der Waals surface area contributed by atoms with E-state index in [0.29, 0.717) is 26.1 Å². The van der Waals surface area contributed by atoms with Crippen LogP contribution in [0.4, 0.5) is 0 Å². The van der Waals surface area contributed by atoms with Crippen LogP contribution in [0.15, 0.2) is 78.9 Å². The Hall–Kier alpha value is -3.92. The van der Waals surface area contributed by atoms with Crippen molar-refractivity contribution in [1.82, 2.24) is 10.6 Å².